The topological polar surface area (TPSA) is 29.5 Å². The number of halogens is 4. The predicted molar refractivity (Wildman–Crippen MR) is 56.9 cm³/mol. The minimum atomic E-state index is -4.36. The van der Waals surface area contributed by atoms with Crippen LogP contribution in [0.25, 0.3) is 0 Å². The summed E-state index contributed by atoms with van der Waals surface area (Å²) in [6.45, 7) is -0.639. The first-order valence-electron chi connectivity index (χ1n) is 5.26. The van der Waals surface area contributed by atoms with Crippen LogP contribution in [0.5, 0.6) is 0 Å². The van der Waals surface area contributed by atoms with Gasteiger partial charge in [0.1, 0.15) is 5.41 Å². The van der Waals surface area contributed by atoms with Gasteiger partial charge in [0.25, 0.3) is 0 Å². The summed E-state index contributed by atoms with van der Waals surface area (Å²) in [5, 5.41) is 0. The molecule has 1 aliphatic rings. The van der Waals surface area contributed by atoms with E-state index < -0.39 is 18.2 Å². The van der Waals surface area contributed by atoms with Crippen molar-refractivity contribution in [2.24, 2.45) is 5.41 Å². The van der Waals surface area contributed by atoms with E-state index >= 15 is 0 Å². The molecule has 17 heavy (non-hydrogen) atoms. The van der Waals surface area contributed by atoms with E-state index in [9.17, 15) is 18.0 Å². The number of carbonyl (C=O) groups excluding carboxylic acids is 1. The van der Waals surface area contributed by atoms with Gasteiger partial charge in [-0.15, -0.1) is 11.6 Å². The zero-order valence-electron chi connectivity index (χ0n) is 9.52. The SMILES string of the molecule is COC[C@]1(C(F)(F)F)CCN(C(=O)CCCl)C1. The van der Waals surface area contributed by atoms with Crippen LogP contribution in [0.4, 0.5) is 13.2 Å². The Bertz CT molecular complexity index is 285. The Hall–Kier alpha value is -0.490. The molecular weight excluding hydrogens is 259 g/mol. The van der Waals surface area contributed by atoms with Crippen LogP contribution < -0.4 is 0 Å². The molecule has 7 heteroatoms. The second kappa shape index (κ2) is 5.44. The van der Waals surface area contributed by atoms with Crippen molar-refractivity contribution >= 4 is 17.5 Å². The second-order valence-electron chi connectivity index (χ2n) is 4.22. The second-order valence-corrected chi connectivity index (χ2v) is 4.59. The summed E-state index contributed by atoms with van der Waals surface area (Å²) in [5.41, 5.74) is -1.93. The van der Waals surface area contributed by atoms with Crippen LogP contribution in [0.3, 0.4) is 0 Å². The molecule has 0 aliphatic carbocycles. The fraction of sp³-hybridized carbons (Fsp3) is 0.900. The predicted octanol–water partition coefficient (Wildman–Crippen LogP) is 2.04. The maximum atomic E-state index is 13.0. The van der Waals surface area contributed by atoms with Gasteiger partial charge in [0, 0.05) is 32.5 Å². The average Bonchev–Trinajstić information content (AvgIpc) is 2.63. The summed E-state index contributed by atoms with van der Waals surface area (Å²) in [5.74, 6) is -0.208. The van der Waals surface area contributed by atoms with Crippen LogP contribution in [-0.2, 0) is 9.53 Å². The molecule has 0 aromatic carbocycles. The molecule has 0 unspecified atom stereocenters. The van der Waals surface area contributed by atoms with Gasteiger partial charge < -0.3 is 9.64 Å². The number of likely N-dealkylation sites (tertiary alicyclic amines) is 1. The van der Waals surface area contributed by atoms with Crippen LogP contribution in [-0.4, -0.2) is 49.7 Å². The summed E-state index contributed by atoms with van der Waals surface area (Å²) in [7, 11) is 1.23. The molecule has 0 saturated carbocycles. The van der Waals surface area contributed by atoms with Crippen LogP contribution in [0, 0.1) is 5.41 Å². The molecule has 0 aromatic heterocycles. The first-order chi connectivity index (χ1) is 7.86. The molecular formula is C10H15ClF3NO2. The van der Waals surface area contributed by atoms with E-state index in [4.69, 9.17) is 11.6 Å². The van der Waals surface area contributed by atoms with Crippen molar-refractivity contribution in [2.45, 2.75) is 19.0 Å². The highest BCUT2D eigenvalue weighted by Gasteiger charge is 2.58. The Balaban J connectivity index is 2.75. The molecule has 0 bridgehead atoms. The highest BCUT2D eigenvalue weighted by Crippen LogP contribution is 2.45. The van der Waals surface area contributed by atoms with Crippen molar-refractivity contribution in [1.82, 2.24) is 4.90 Å². The molecule has 100 valence electrons. The minimum Gasteiger partial charge on any atom is -0.384 e. The maximum absolute atomic E-state index is 13.0. The van der Waals surface area contributed by atoms with Gasteiger partial charge in [0.05, 0.1) is 6.61 Å². The largest absolute Gasteiger partial charge is 0.398 e. The van der Waals surface area contributed by atoms with Gasteiger partial charge in [-0.05, 0) is 6.42 Å². The molecule has 0 N–H and O–H groups in total. The zero-order chi connectivity index (χ0) is 13.1. The van der Waals surface area contributed by atoms with Crippen LogP contribution >= 0.6 is 11.6 Å². The van der Waals surface area contributed by atoms with E-state index in [1.807, 2.05) is 0 Å². The molecule has 1 amide bonds. The number of nitrogens with zero attached hydrogens (tertiary/aromatic N) is 1. The van der Waals surface area contributed by atoms with Crippen molar-refractivity contribution in [1.29, 1.82) is 0 Å². The van der Waals surface area contributed by atoms with Crippen molar-refractivity contribution in [3.8, 4) is 0 Å². The van der Waals surface area contributed by atoms with E-state index in [0.29, 0.717) is 0 Å². The van der Waals surface area contributed by atoms with Gasteiger partial charge in [-0.3, -0.25) is 4.79 Å². The van der Waals surface area contributed by atoms with Crippen LogP contribution in [0.2, 0.25) is 0 Å². The highest BCUT2D eigenvalue weighted by atomic mass is 35.5. The zero-order valence-corrected chi connectivity index (χ0v) is 10.3. The van der Waals surface area contributed by atoms with Gasteiger partial charge in [-0.1, -0.05) is 0 Å². The van der Waals surface area contributed by atoms with Crippen LogP contribution in [0.1, 0.15) is 12.8 Å². The van der Waals surface area contributed by atoms with Crippen molar-refractivity contribution in [3.05, 3.63) is 0 Å². The van der Waals surface area contributed by atoms with Gasteiger partial charge in [-0.25, -0.2) is 0 Å². The molecule has 3 nitrogen and oxygen atoms in total. The van der Waals surface area contributed by atoms with Crippen LogP contribution in [0.15, 0.2) is 0 Å². The first kappa shape index (κ1) is 14.6. The Labute approximate surface area is 103 Å². The number of ether oxygens (including phenoxy) is 1. The molecule has 0 spiro atoms. The smallest absolute Gasteiger partial charge is 0.384 e. The summed E-state index contributed by atoms with van der Waals surface area (Å²) >= 11 is 5.40. The highest BCUT2D eigenvalue weighted by molar-refractivity contribution is 6.18. The summed E-state index contributed by atoms with van der Waals surface area (Å²) in [6.07, 6.45) is -4.40. The maximum Gasteiger partial charge on any atom is 0.398 e. The number of hydrogen-bond acceptors (Lipinski definition) is 2. The molecule has 1 fully saturated rings. The lowest BCUT2D eigenvalue weighted by Crippen LogP contribution is -2.45. The minimum absolute atomic E-state index is 0.0719. The monoisotopic (exact) mass is 273 g/mol. The lowest BCUT2D eigenvalue weighted by atomic mass is 9.87. The third kappa shape index (κ3) is 3.04. The fourth-order valence-corrected chi connectivity index (χ4v) is 2.19. The molecule has 1 rings (SSSR count). The lowest BCUT2D eigenvalue weighted by Gasteiger charge is -2.30. The summed E-state index contributed by atoms with van der Waals surface area (Å²) < 4.78 is 43.6. The van der Waals surface area contributed by atoms with E-state index in [2.05, 4.69) is 4.74 Å². The number of carbonyl (C=O) groups is 1. The van der Waals surface area contributed by atoms with Gasteiger partial charge in [0.15, 0.2) is 0 Å². The number of hydrogen-bond donors (Lipinski definition) is 0. The number of alkyl halides is 4. The van der Waals surface area contributed by atoms with Gasteiger partial charge in [-0.2, -0.15) is 13.2 Å². The average molecular weight is 274 g/mol. The number of amides is 1. The molecule has 1 aliphatic heterocycles. The van der Waals surface area contributed by atoms with Crippen molar-refractivity contribution in [2.75, 3.05) is 32.7 Å². The lowest BCUT2D eigenvalue weighted by molar-refractivity contribution is -0.232. The quantitative estimate of drug-likeness (QED) is 0.734. The third-order valence-corrected chi connectivity index (χ3v) is 3.23. The first-order valence-corrected chi connectivity index (χ1v) is 5.79. The van der Waals surface area contributed by atoms with Crippen molar-refractivity contribution in [3.63, 3.8) is 0 Å². The molecule has 1 atom stereocenters. The Morgan fingerprint density at radius 1 is 1.53 bits per heavy atom. The normalized spacial score (nSPS) is 25.4. The number of rotatable bonds is 4. The summed E-state index contributed by atoms with van der Waals surface area (Å²) in [6, 6.07) is 0. The Morgan fingerprint density at radius 2 is 2.18 bits per heavy atom. The molecule has 1 heterocycles. The number of methoxy groups -OCH3 is 1. The van der Waals surface area contributed by atoms with Gasteiger partial charge >= 0.3 is 6.18 Å². The van der Waals surface area contributed by atoms with E-state index in [-0.39, 0.29) is 37.7 Å². The van der Waals surface area contributed by atoms with Crippen molar-refractivity contribution < 1.29 is 22.7 Å². The molecule has 0 aromatic rings. The van der Waals surface area contributed by atoms with Gasteiger partial charge in [0.2, 0.25) is 5.91 Å². The fourth-order valence-electron chi connectivity index (χ4n) is 2.03. The summed E-state index contributed by atoms with van der Waals surface area (Å²) in [4.78, 5) is 12.7. The molecule has 1 saturated heterocycles. The Morgan fingerprint density at radius 3 is 2.65 bits per heavy atom. The van der Waals surface area contributed by atoms with E-state index in [1.54, 1.807) is 0 Å². The Kier molecular flexibility index (Phi) is 4.66. The van der Waals surface area contributed by atoms with E-state index in [1.165, 1.54) is 12.0 Å². The molecule has 0 radical (unpaired) electrons. The van der Waals surface area contributed by atoms with E-state index in [0.717, 1.165) is 0 Å². The third-order valence-electron chi connectivity index (χ3n) is 3.04. The standard InChI is InChI=1S/C10H15ClF3NO2/c1-17-7-9(10(12,13)14)3-5-15(6-9)8(16)2-4-11/h2-7H2,1H3/t9-/m0/s1.